The number of nitrogens with zero attached hydrogens (tertiary/aromatic N) is 2. The van der Waals surface area contributed by atoms with Crippen LogP contribution in [0.5, 0.6) is 0 Å². The van der Waals surface area contributed by atoms with Gasteiger partial charge in [0.25, 0.3) is 0 Å². The lowest BCUT2D eigenvalue weighted by atomic mass is 9.84. The van der Waals surface area contributed by atoms with E-state index in [9.17, 15) is 17.2 Å². The van der Waals surface area contributed by atoms with Crippen molar-refractivity contribution in [1.29, 1.82) is 0 Å². The van der Waals surface area contributed by atoms with Crippen molar-refractivity contribution in [3.8, 4) is 0 Å². The van der Waals surface area contributed by atoms with Crippen LogP contribution in [0.2, 0.25) is 0 Å². The molecule has 0 N–H and O–H groups in total. The zero-order valence-corrected chi connectivity index (χ0v) is 13.8. The zero-order chi connectivity index (χ0) is 17.2. The van der Waals surface area contributed by atoms with E-state index in [0.717, 1.165) is 12.8 Å². The van der Waals surface area contributed by atoms with Crippen molar-refractivity contribution in [2.24, 2.45) is 0 Å². The number of sulfone groups is 1. The van der Waals surface area contributed by atoms with E-state index < -0.39 is 33.1 Å². The maximum atomic E-state index is 12.5. The number of aromatic nitrogens is 2. The molecule has 1 aliphatic rings. The summed E-state index contributed by atoms with van der Waals surface area (Å²) in [5, 5.41) is 2.61. The summed E-state index contributed by atoms with van der Waals surface area (Å²) in [4.78, 5) is 3.45. The van der Waals surface area contributed by atoms with E-state index in [1.54, 1.807) is 0 Å². The molecular formula is C16H18F2N2O3S. The van der Waals surface area contributed by atoms with E-state index in [0.29, 0.717) is 18.8 Å². The lowest BCUT2D eigenvalue weighted by Gasteiger charge is -2.28. The smallest absolute Gasteiger partial charge is 0.300 e. The Morgan fingerprint density at radius 2 is 1.79 bits per heavy atom. The van der Waals surface area contributed by atoms with E-state index in [1.807, 2.05) is 18.2 Å². The number of rotatable bonds is 5. The van der Waals surface area contributed by atoms with Crippen LogP contribution in [-0.4, -0.2) is 23.8 Å². The average Bonchev–Trinajstić information content (AvgIpc) is 3.04. The van der Waals surface area contributed by atoms with Crippen molar-refractivity contribution in [2.75, 3.05) is 0 Å². The summed E-state index contributed by atoms with van der Waals surface area (Å²) in [5.41, 5.74) is 1.23. The van der Waals surface area contributed by atoms with Gasteiger partial charge in [0.1, 0.15) is 5.75 Å². The van der Waals surface area contributed by atoms with Crippen LogP contribution in [0.3, 0.4) is 0 Å². The topological polar surface area (TPSA) is 73.1 Å². The standard InChI is InChI=1S/C16H18F2N2O3S/c17-15(18)16-19-14(23-20-16)10-24(21,22)13-8-6-12(7-9-13)11-4-2-1-3-5-11/h1-5,12-13,15H,6-10H2. The van der Waals surface area contributed by atoms with Crippen LogP contribution in [-0.2, 0) is 15.6 Å². The SMILES string of the molecule is O=S(=O)(Cc1nc(C(F)F)no1)C1CCC(c2ccccc2)CC1. The maximum Gasteiger partial charge on any atom is 0.300 e. The van der Waals surface area contributed by atoms with Crippen molar-refractivity contribution in [1.82, 2.24) is 10.1 Å². The van der Waals surface area contributed by atoms with Gasteiger partial charge >= 0.3 is 6.43 Å². The number of benzene rings is 1. The van der Waals surface area contributed by atoms with Gasteiger partial charge in [-0.2, -0.15) is 4.98 Å². The normalized spacial score (nSPS) is 22.0. The van der Waals surface area contributed by atoms with Gasteiger partial charge in [0.15, 0.2) is 9.84 Å². The van der Waals surface area contributed by atoms with Crippen molar-refractivity contribution in [3.63, 3.8) is 0 Å². The third-order valence-electron chi connectivity index (χ3n) is 4.46. The van der Waals surface area contributed by atoms with Crippen molar-refractivity contribution < 1.29 is 21.7 Å². The van der Waals surface area contributed by atoms with Crippen molar-refractivity contribution in [2.45, 2.75) is 49.0 Å². The summed E-state index contributed by atoms with van der Waals surface area (Å²) >= 11 is 0. The molecule has 0 aliphatic heterocycles. The fourth-order valence-electron chi connectivity index (χ4n) is 3.19. The summed E-state index contributed by atoms with van der Waals surface area (Å²) in [7, 11) is -3.50. The predicted molar refractivity (Wildman–Crippen MR) is 83.3 cm³/mol. The Balaban J connectivity index is 1.62. The first kappa shape index (κ1) is 17.0. The minimum Gasteiger partial charge on any atom is -0.338 e. The van der Waals surface area contributed by atoms with Gasteiger partial charge in [0.2, 0.25) is 11.7 Å². The summed E-state index contributed by atoms with van der Waals surface area (Å²) in [5.74, 6) is -1.15. The van der Waals surface area contributed by atoms with Crippen LogP contribution in [0.15, 0.2) is 34.9 Å². The van der Waals surface area contributed by atoms with Gasteiger partial charge in [-0.1, -0.05) is 35.5 Å². The Hall–Kier alpha value is -1.83. The van der Waals surface area contributed by atoms with E-state index in [1.165, 1.54) is 5.56 Å². The zero-order valence-electron chi connectivity index (χ0n) is 12.9. The number of alkyl halides is 2. The third-order valence-corrected chi connectivity index (χ3v) is 6.59. The lowest BCUT2D eigenvalue weighted by molar-refractivity contribution is 0.136. The Labute approximate surface area is 139 Å². The molecule has 0 spiro atoms. The first-order valence-electron chi connectivity index (χ1n) is 7.83. The molecule has 1 aromatic heterocycles. The highest BCUT2D eigenvalue weighted by Crippen LogP contribution is 2.36. The van der Waals surface area contributed by atoms with Gasteiger partial charge in [0, 0.05) is 0 Å². The number of halogens is 2. The highest BCUT2D eigenvalue weighted by atomic mass is 32.2. The largest absolute Gasteiger partial charge is 0.338 e. The summed E-state index contributed by atoms with van der Waals surface area (Å²) < 4.78 is 54.4. The summed E-state index contributed by atoms with van der Waals surface area (Å²) in [6.45, 7) is 0. The first-order chi connectivity index (χ1) is 11.5. The molecule has 130 valence electrons. The van der Waals surface area contributed by atoms with Crippen LogP contribution in [0.4, 0.5) is 8.78 Å². The predicted octanol–water partition coefficient (Wildman–Crippen LogP) is 3.65. The first-order valence-corrected chi connectivity index (χ1v) is 9.54. The molecule has 3 rings (SSSR count). The van der Waals surface area contributed by atoms with Crippen LogP contribution >= 0.6 is 0 Å². The van der Waals surface area contributed by atoms with E-state index in [-0.39, 0.29) is 5.89 Å². The highest BCUT2D eigenvalue weighted by Gasteiger charge is 2.33. The number of hydrogen-bond acceptors (Lipinski definition) is 5. The molecule has 0 unspecified atom stereocenters. The molecular weight excluding hydrogens is 338 g/mol. The average molecular weight is 356 g/mol. The molecule has 8 heteroatoms. The van der Waals surface area contributed by atoms with E-state index in [2.05, 4.69) is 26.8 Å². The fraction of sp³-hybridized carbons (Fsp3) is 0.500. The lowest BCUT2D eigenvalue weighted by Crippen LogP contribution is -2.27. The molecule has 1 fully saturated rings. The molecule has 2 aromatic rings. The second-order valence-corrected chi connectivity index (χ2v) is 8.32. The van der Waals surface area contributed by atoms with Crippen LogP contribution in [0.25, 0.3) is 0 Å². The molecule has 0 saturated heterocycles. The van der Waals surface area contributed by atoms with Gasteiger partial charge < -0.3 is 4.52 Å². The summed E-state index contributed by atoms with van der Waals surface area (Å²) in [6.07, 6.45) is -0.179. The number of hydrogen-bond donors (Lipinski definition) is 0. The van der Waals surface area contributed by atoms with Gasteiger partial charge in [-0.25, -0.2) is 17.2 Å². The molecule has 1 heterocycles. The van der Waals surface area contributed by atoms with Gasteiger partial charge in [-0.3, -0.25) is 0 Å². The third kappa shape index (κ3) is 3.80. The Bertz CT molecular complexity index is 770. The molecule has 0 amide bonds. The van der Waals surface area contributed by atoms with Crippen LogP contribution < -0.4 is 0 Å². The van der Waals surface area contributed by atoms with E-state index in [4.69, 9.17) is 0 Å². The van der Waals surface area contributed by atoms with Crippen LogP contribution in [0.1, 0.15) is 55.3 Å². The fourth-order valence-corrected chi connectivity index (χ4v) is 4.87. The summed E-state index contributed by atoms with van der Waals surface area (Å²) in [6, 6.07) is 10.0. The van der Waals surface area contributed by atoms with Crippen molar-refractivity contribution >= 4 is 9.84 Å². The Kier molecular flexibility index (Phi) is 4.93. The Morgan fingerprint density at radius 3 is 2.38 bits per heavy atom. The molecule has 24 heavy (non-hydrogen) atoms. The van der Waals surface area contributed by atoms with Gasteiger partial charge in [-0.05, 0) is 37.2 Å². The molecule has 1 aliphatic carbocycles. The second-order valence-electron chi connectivity index (χ2n) is 6.04. The van der Waals surface area contributed by atoms with Gasteiger partial charge in [-0.15, -0.1) is 0 Å². The molecule has 0 bridgehead atoms. The second kappa shape index (κ2) is 6.96. The molecule has 5 nitrogen and oxygen atoms in total. The van der Waals surface area contributed by atoms with Crippen molar-refractivity contribution in [3.05, 3.63) is 47.6 Å². The maximum absolute atomic E-state index is 12.5. The molecule has 1 aromatic carbocycles. The molecule has 1 saturated carbocycles. The van der Waals surface area contributed by atoms with Gasteiger partial charge in [0.05, 0.1) is 5.25 Å². The minimum absolute atomic E-state index is 0.268. The molecule has 0 radical (unpaired) electrons. The Morgan fingerprint density at radius 1 is 1.12 bits per heavy atom. The minimum atomic E-state index is -3.50. The molecule has 0 atom stereocenters. The van der Waals surface area contributed by atoms with E-state index >= 15 is 0 Å². The monoisotopic (exact) mass is 356 g/mol. The quantitative estimate of drug-likeness (QED) is 0.818. The van der Waals surface area contributed by atoms with Crippen LogP contribution in [0, 0.1) is 0 Å². The highest BCUT2D eigenvalue weighted by molar-refractivity contribution is 7.91.